The molecule has 1 saturated heterocycles. The minimum atomic E-state index is -0.681. The number of carbonyl (C=O) groups is 1. The molecule has 12 heteroatoms. The Morgan fingerprint density at radius 1 is 1.30 bits per heavy atom. The number of rotatable bonds is 3. The van der Waals surface area contributed by atoms with Crippen LogP contribution in [0.4, 0.5) is 4.39 Å². The van der Waals surface area contributed by atoms with Gasteiger partial charge in [0.1, 0.15) is 10.8 Å². The number of nitrogens with zero attached hydrogens (tertiary/aromatic N) is 4. The zero-order valence-corrected chi connectivity index (χ0v) is 19.6. The molecule has 2 aliphatic rings. The number of hydrogen-bond donors (Lipinski definition) is 2. The summed E-state index contributed by atoms with van der Waals surface area (Å²) in [4.78, 5) is 28.0. The highest BCUT2D eigenvalue weighted by molar-refractivity contribution is 7.96. The van der Waals surface area contributed by atoms with E-state index in [2.05, 4.69) is 14.9 Å². The molecule has 33 heavy (non-hydrogen) atoms. The van der Waals surface area contributed by atoms with E-state index in [1.165, 1.54) is 24.2 Å². The first-order valence-corrected chi connectivity index (χ1v) is 12.5. The van der Waals surface area contributed by atoms with Crippen molar-refractivity contribution < 1.29 is 14.3 Å². The molecule has 172 valence electrons. The van der Waals surface area contributed by atoms with E-state index in [-0.39, 0.29) is 39.7 Å². The Bertz CT molecular complexity index is 1300. The third kappa shape index (κ3) is 4.14. The zero-order chi connectivity index (χ0) is 23.1. The molecule has 3 aromatic rings. The van der Waals surface area contributed by atoms with Gasteiger partial charge in [-0.1, -0.05) is 47.0 Å². The first-order valence-electron chi connectivity index (χ1n) is 10.3. The van der Waals surface area contributed by atoms with Crippen LogP contribution in [0.15, 0.2) is 29.2 Å². The SMILES string of the molecule is O=C1c2c(O)c(=O)c(-c3nnc(Cc4cccc(Cl)c4F)s3)cn2CSNCC2CCCN12. The number of pyridine rings is 1. The third-order valence-corrected chi connectivity index (χ3v) is 7.82. The topological polar surface area (TPSA) is 100 Å². The van der Waals surface area contributed by atoms with E-state index in [0.717, 1.165) is 24.2 Å². The fourth-order valence-corrected chi connectivity index (χ4v) is 5.94. The minimum absolute atomic E-state index is 0.0161. The van der Waals surface area contributed by atoms with Crippen LogP contribution in [0, 0.1) is 5.82 Å². The molecule has 2 aromatic heterocycles. The average molecular weight is 508 g/mol. The van der Waals surface area contributed by atoms with Crippen LogP contribution in [0.3, 0.4) is 0 Å². The maximum absolute atomic E-state index is 14.3. The Morgan fingerprint density at radius 3 is 3.00 bits per heavy atom. The van der Waals surface area contributed by atoms with Gasteiger partial charge in [-0.05, 0) is 24.5 Å². The van der Waals surface area contributed by atoms with Gasteiger partial charge in [0.05, 0.1) is 16.5 Å². The van der Waals surface area contributed by atoms with E-state index in [1.54, 1.807) is 21.6 Å². The molecule has 0 radical (unpaired) electrons. The van der Waals surface area contributed by atoms with Gasteiger partial charge < -0.3 is 14.6 Å². The number of nitrogens with one attached hydrogen (secondary N) is 1. The van der Waals surface area contributed by atoms with Crippen molar-refractivity contribution in [3.63, 3.8) is 0 Å². The molecule has 0 saturated carbocycles. The van der Waals surface area contributed by atoms with E-state index in [9.17, 15) is 19.1 Å². The summed E-state index contributed by atoms with van der Waals surface area (Å²) in [7, 11) is 0. The molecular weight excluding hydrogens is 489 g/mol. The van der Waals surface area contributed by atoms with Gasteiger partial charge in [0.25, 0.3) is 5.91 Å². The van der Waals surface area contributed by atoms with Crippen LogP contribution in [0.5, 0.6) is 5.75 Å². The molecule has 2 aliphatic heterocycles. The van der Waals surface area contributed by atoms with Crippen LogP contribution < -0.4 is 10.2 Å². The van der Waals surface area contributed by atoms with Gasteiger partial charge in [-0.15, -0.1) is 10.2 Å². The van der Waals surface area contributed by atoms with Crippen LogP contribution in [0.2, 0.25) is 5.02 Å². The normalized spacial score (nSPS) is 18.4. The van der Waals surface area contributed by atoms with Crippen molar-refractivity contribution in [2.24, 2.45) is 0 Å². The van der Waals surface area contributed by atoms with Crippen molar-refractivity contribution in [1.29, 1.82) is 0 Å². The monoisotopic (exact) mass is 507 g/mol. The van der Waals surface area contributed by atoms with Crippen LogP contribution in [0.1, 0.15) is 33.9 Å². The molecule has 1 atom stereocenters. The molecule has 1 unspecified atom stereocenters. The smallest absolute Gasteiger partial charge is 0.274 e. The lowest BCUT2D eigenvalue weighted by atomic mass is 10.1. The van der Waals surface area contributed by atoms with Gasteiger partial charge in [-0.25, -0.2) is 4.39 Å². The first kappa shape index (κ1) is 22.3. The fraction of sp³-hybridized carbons (Fsp3) is 0.333. The predicted molar refractivity (Wildman–Crippen MR) is 125 cm³/mol. The summed E-state index contributed by atoms with van der Waals surface area (Å²) in [6.45, 7) is 1.23. The average Bonchev–Trinajstić information content (AvgIpc) is 3.46. The van der Waals surface area contributed by atoms with E-state index < -0.39 is 17.0 Å². The predicted octanol–water partition coefficient (Wildman–Crippen LogP) is 3.27. The number of aromatic nitrogens is 3. The lowest BCUT2D eigenvalue weighted by molar-refractivity contribution is 0.0726. The van der Waals surface area contributed by atoms with Gasteiger partial charge in [0, 0.05) is 31.7 Å². The maximum atomic E-state index is 14.3. The Labute approximate surface area is 201 Å². The number of carbonyl (C=O) groups excluding carboxylic acids is 1. The van der Waals surface area contributed by atoms with Gasteiger partial charge in [0.15, 0.2) is 16.5 Å². The van der Waals surface area contributed by atoms with Crippen LogP contribution in [0.25, 0.3) is 10.6 Å². The molecule has 4 heterocycles. The summed E-state index contributed by atoms with van der Waals surface area (Å²) in [5.74, 6) is -1.14. The Hall–Kier alpha value is -2.47. The highest BCUT2D eigenvalue weighted by atomic mass is 35.5. The minimum Gasteiger partial charge on any atom is -0.503 e. The van der Waals surface area contributed by atoms with Gasteiger partial charge >= 0.3 is 0 Å². The van der Waals surface area contributed by atoms with Crippen LogP contribution >= 0.6 is 34.9 Å². The van der Waals surface area contributed by atoms with Gasteiger partial charge in [0.2, 0.25) is 5.43 Å². The first-order chi connectivity index (χ1) is 15.9. The summed E-state index contributed by atoms with van der Waals surface area (Å²) in [6.07, 6.45) is 3.46. The second kappa shape index (κ2) is 9.05. The lowest BCUT2D eigenvalue weighted by Crippen LogP contribution is -2.40. The largest absolute Gasteiger partial charge is 0.503 e. The van der Waals surface area contributed by atoms with Crippen molar-refractivity contribution in [1.82, 2.24) is 24.4 Å². The highest BCUT2D eigenvalue weighted by Gasteiger charge is 2.34. The number of amides is 1. The van der Waals surface area contributed by atoms with E-state index in [4.69, 9.17) is 11.6 Å². The van der Waals surface area contributed by atoms with E-state index in [1.807, 2.05) is 0 Å². The van der Waals surface area contributed by atoms with Crippen molar-refractivity contribution in [3.05, 3.63) is 61.7 Å². The fourth-order valence-electron chi connectivity index (χ4n) is 4.13. The van der Waals surface area contributed by atoms with Crippen molar-refractivity contribution in [3.8, 4) is 16.3 Å². The molecule has 0 aliphatic carbocycles. The lowest BCUT2D eigenvalue weighted by Gasteiger charge is -2.24. The number of fused-ring (bicyclic) bond motifs is 2. The number of aromatic hydroxyl groups is 1. The summed E-state index contributed by atoms with van der Waals surface area (Å²) in [5.41, 5.74) is -0.193. The molecule has 2 N–H and O–H groups in total. The summed E-state index contributed by atoms with van der Waals surface area (Å²) in [6, 6.07) is 4.76. The Morgan fingerprint density at radius 2 is 2.15 bits per heavy atom. The quantitative estimate of drug-likeness (QED) is 0.525. The van der Waals surface area contributed by atoms with Crippen molar-refractivity contribution in [2.75, 3.05) is 13.1 Å². The number of benzene rings is 1. The van der Waals surface area contributed by atoms with Crippen LogP contribution in [-0.2, 0) is 12.3 Å². The second-order valence-electron chi connectivity index (χ2n) is 7.85. The number of hydrogen-bond acceptors (Lipinski definition) is 8. The second-order valence-corrected chi connectivity index (χ2v) is 10.2. The summed E-state index contributed by atoms with van der Waals surface area (Å²) < 4.78 is 19.1. The van der Waals surface area contributed by atoms with Gasteiger partial charge in [-0.3, -0.25) is 14.3 Å². The molecule has 1 fully saturated rings. The molecule has 5 rings (SSSR count). The standard InChI is InChI=1S/C21H19ClFN5O3S2/c22-14-5-1-3-11(16(14)23)7-15-25-26-20(33-15)13-9-27-10-32-24-8-12-4-2-6-28(12)21(31)17(27)19(30)18(13)29/h1,3,5,9,12,24,30H,2,4,6-8,10H2. The Balaban J connectivity index is 1.52. The highest BCUT2D eigenvalue weighted by Crippen LogP contribution is 2.30. The van der Waals surface area contributed by atoms with Crippen molar-refractivity contribution in [2.45, 2.75) is 31.2 Å². The van der Waals surface area contributed by atoms with Gasteiger partial charge in [-0.2, -0.15) is 0 Å². The molecule has 8 nitrogen and oxygen atoms in total. The zero-order valence-electron chi connectivity index (χ0n) is 17.3. The van der Waals surface area contributed by atoms with E-state index in [0.29, 0.717) is 29.5 Å². The molecular formula is C21H19ClFN5O3S2. The van der Waals surface area contributed by atoms with Crippen molar-refractivity contribution >= 4 is 40.8 Å². The summed E-state index contributed by atoms with van der Waals surface area (Å²) >= 11 is 8.37. The Kier molecular flexibility index (Phi) is 6.12. The van der Waals surface area contributed by atoms with Crippen LogP contribution in [-0.4, -0.2) is 49.8 Å². The summed E-state index contributed by atoms with van der Waals surface area (Å²) in [5, 5.41) is 19.7. The molecule has 1 aromatic carbocycles. The van der Waals surface area contributed by atoms with E-state index >= 15 is 0 Å². The molecule has 0 bridgehead atoms. The third-order valence-electron chi connectivity index (χ3n) is 5.79. The molecule has 1 amide bonds. The molecule has 0 spiro atoms. The maximum Gasteiger partial charge on any atom is 0.274 e. The number of halogens is 2.